The summed E-state index contributed by atoms with van der Waals surface area (Å²) in [5, 5.41) is 0. The van der Waals surface area contributed by atoms with Gasteiger partial charge in [-0.25, -0.2) is 0 Å². The van der Waals surface area contributed by atoms with Gasteiger partial charge in [-0.05, 0) is 13.8 Å². The Morgan fingerprint density at radius 3 is 2.82 bits per heavy atom. The summed E-state index contributed by atoms with van der Waals surface area (Å²) in [6.45, 7) is 3.99. The van der Waals surface area contributed by atoms with Crippen molar-refractivity contribution in [3.63, 3.8) is 0 Å². The monoisotopic (exact) mass is 156 g/mol. The maximum absolute atomic E-state index is 10.7. The molecule has 0 aromatic rings. The number of Topliss-reactive ketones (excluding diaryl/α,β-unsaturated/α-hetero) is 1. The van der Waals surface area contributed by atoms with Gasteiger partial charge < -0.3 is 9.47 Å². The fourth-order valence-corrected chi connectivity index (χ4v) is 0.781. The minimum Gasteiger partial charge on any atom is -0.463 e. The van der Waals surface area contributed by atoms with Gasteiger partial charge in [0, 0.05) is 12.5 Å². The molecule has 3 heteroatoms. The van der Waals surface area contributed by atoms with Crippen molar-refractivity contribution in [2.75, 3.05) is 6.61 Å². The summed E-state index contributed by atoms with van der Waals surface area (Å²) in [6, 6.07) is 0. The lowest BCUT2D eigenvalue weighted by atomic mass is 10.2. The molecule has 0 N–H and O–H groups in total. The van der Waals surface area contributed by atoms with Crippen LogP contribution in [0.5, 0.6) is 0 Å². The maximum Gasteiger partial charge on any atom is 0.276 e. The Bertz CT molecular complexity index is 182. The van der Waals surface area contributed by atoms with Crippen molar-refractivity contribution in [3.8, 4) is 0 Å². The number of hydrogen-bond acceptors (Lipinski definition) is 3. The molecule has 0 atom stereocenters. The van der Waals surface area contributed by atoms with E-state index >= 15 is 0 Å². The van der Waals surface area contributed by atoms with E-state index in [4.69, 9.17) is 9.47 Å². The molecule has 0 spiro atoms. The van der Waals surface area contributed by atoms with Crippen molar-refractivity contribution in [2.45, 2.75) is 26.4 Å². The summed E-state index contributed by atoms with van der Waals surface area (Å²) in [5.41, 5.74) is 0. The molecule has 0 radical (unpaired) electrons. The van der Waals surface area contributed by atoms with E-state index in [1.807, 2.05) is 13.8 Å². The van der Waals surface area contributed by atoms with E-state index in [0.717, 1.165) is 0 Å². The van der Waals surface area contributed by atoms with Crippen LogP contribution in [0, 0.1) is 0 Å². The Morgan fingerprint density at radius 1 is 1.64 bits per heavy atom. The van der Waals surface area contributed by atoms with Crippen LogP contribution in [0.3, 0.4) is 0 Å². The summed E-state index contributed by atoms with van der Waals surface area (Å²) in [6.07, 6.45) is 2.21. The summed E-state index contributed by atoms with van der Waals surface area (Å²) in [4.78, 5) is 10.7. The van der Waals surface area contributed by atoms with Gasteiger partial charge in [0.25, 0.3) is 5.95 Å². The van der Waals surface area contributed by atoms with Crippen LogP contribution in [0.25, 0.3) is 0 Å². The molecule has 0 fully saturated rings. The SMILES string of the molecule is CC(C)OC1=CCC(=O)CO1. The van der Waals surface area contributed by atoms with Crippen LogP contribution in [0.1, 0.15) is 20.3 Å². The molecule has 0 saturated carbocycles. The largest absolute Gasteiger partial charge is 0.463 e. The number of ether oxygens (including phenoxy) is 2. The Labute approximate surface area is 66.0 Å². The maximum atomic E-state index is 10.7. The number of ketones is 1. The molecule has 0 aromatic heterocycles. The first-order chi connectivity index (χ1) is 5.18. The molecule has 1 heterocycles. The van der Waals surface area contributed by atoms with Crippen LogP contribution in [0.2, 0.25) is 0 Å². The van der Waals surface area contributed by atoms with Crippen LogP contribution in [-0.2, 0) is 14.3 Å². The fraction of sp³-hybridized carbons (Fsp3) is 0.625. The second kappa shape index (κ2) is 3.42. The predicted octanol–water partition coefficient (Wildman–Crippen LogP) is 1.24. The molecule has 3 nitrogen and oxygen atoms in total. The van der Waals surface area contributed by atoms with Crippen molar-refractivity contribution in [1.29, 1.82) is 0 Å². The zero-order valence-electron chi connectivity index (χ0n) is 6.79. The average Bonchev–Trinajstić information content (AvgIpc) is 1.93. The van der Waals surface area contributed by atoms with E-state index < -0.39 is 0 Å². The number of carbonyl (C=O) groups is 1. The molecule has 0 bridgehead atoms. The lowest BCUT2D eigenvalue weighted by molar-refractivity contribution is -0.126. The minimum absolute atomic E-state index is 0.0982. The van der Waals surface area contributed by atoms with E-state index in [9.17, 15) is 4.79 Å². The number of hydrogen-bond donors (Lipinski definition) is 0. The normalized spacial score (nSPS) is 17.7. The third kappa shape index (κ3) is 2.62. The molecule has 1 aliphatic rings. The molecule has 0 amide bonds. The van der Waals surface area contributed by atoms with E-state index in [1.54, 1.807) is 6.08 Å². The van der Waals surface area contributed by atoms with Crippen molar-refractivity contribution >= 4 is 5.78 Å². The van der Waals surface area contributed by atoms with Crippen molar-refractivity contribution in [1.82, 2.24) is 0 Å². The van der Waals surface area contributed by atoms with Gasteiger partial charge in [0.15, 0.2) is 5.78 Å². The molecule has 11 heavy (non-hydrogen) atoms. The lowest BCUT2D eigenvalue weighted by Crippen LogP contribution is -2.16. The molecule has 0 aliphatic carbocycles. The van der Waals surface area contributed by atoms with E-state index in [-0.39, 0.29) is 18.5 Å². The first-order valence-corrected chi connectivity index (χ1v) is 3.70. The van der Waals surface area contributed by atoms with Gasteiger partial charge in [-0.3, -0.25) is 4.79 Å². The highest BCUT2D eigenvalue weighted by Gasteiger charge is 2.12. The van der Waals surface area contributed by atoms with Gasteiger partial charge in [-0.2, -0.15) is 0 Å². The molecule has 62 valence electrons. The first-order valence-electron chi connectivity index (χ1n) is 3.70. The molecule has 1 aliphatic heterocycles. The summed E-state index contributed by atoms with van der Waals surface area (Å²) in [7, 11) is 0. The average molecular weight is 156 g/mol. The summed E-state index contributed by atoms with van der Waals surface area (Å²) >= 11 is 0. The quantitative estimate of drug-likeness (QED) is 0.603. The third-order valence-electron chi connectivity index (χ3n) is 1.22. The van der Waals surface area contributed by atoms with Gasteiger partial charge in [-0.1, -0.05) is 0 Å². The van der Waals surface area contributed by atoms with E-state index in [2.05, 4.69) is 0 Å². The van der Waals surface area contributed by atoms with E-state index in [1.165, 1.54) is 0 Å². The molecule has 0 saturated heterocycles. The summed E-state index contributed by atoms with van der Waals surface area (Å²) in [5.74, 6) is 0.584. The zero-order valence-corrected chi connectivity index (χ0v) is 6.79. The molecule has 0 aromatic carbocycles. The Kier molecular flexibility index (Phi) is 2.52. The fourth-order valence-electron chi connectivity index (χ4n) is 0.781. The van der Waals surface area contributed by atoms with Crippen molar-refractivity contribution < 1.29 is 14.3 Å². The van der Waals surface area contributed by atoms with Gasteiger partial charge >= 0.3 is 0 Å². The van der Waals surface area contributed by atoms with Crippen LogP contribution < -0.4 is 0 Å². The highest BCUT2D eigenvalue weighted by molar-refractivity contribution is 5.81. The molecule has 1 rings (SSSR count). The first kappa shape index (κ1) is 8.11. The second-order valence-corrected chi connectivity index (χ2v) is 2.72. The minimum atomic E-state index is 0.0982. The van der Waals surface area contributed by atoms with Crippen molar-refractivity contribution in [3.05, 3.63) is 12.0 Å². The molecule has 0 unspecified atom stereocenters. The van der Waals surface area contributed by atoms with Crippen LogP contribution in [-0.4, -0.2) is 18.5 Å². The molecular weight excluding hydrogens is 144 g/mol. The molecular formula is C8H12O3. The Balaban J connectivity index is 2.41. The van der Waals surface area contributed by atoms with Crippen LogP contribution in [0.15, 0.2) is 12.0 Å². The lowest BCUT2D eigenvalue weighted by Gasteiger charge is -2.16. The highest BCUT2D eigenvalue weighted by Crippen LogP contribution is 2.10. The number of allylic oxidation sites excluding steroid dienone is 1. The van der Waals surface area contributed by atoms with Gasteiger partial charge in [0.05, 0.1) is 6.10 Å². The topological polar surface area (TPSA) is 35.5 Å². The van der Waals surface area contributed by atoms with Gasteiger partial charge in [-0.15, -0.1) is 0 Å². The zero-order chi connectivity index (χ0) is 8.27. The number of rotatable bonds is 2. The number of carbonyl (C=O) groups excluding carboxylic acids is 1. The summed E-state index contributed by atoms with van der Waals surface area (Å²) < 4.78 is 10.2. The van der Waals surface area contributed by atoms with Crippen LogP contribution >= 0.6 is 0 Å². The Morgan fingerprint density at radius 2 is 2.36 bits per heavy atom. The standard InChI is InChI=1S/C8H12O3/c1-6(2)11-8-4-3-7(9)5-10-8/h4,6H,3,5H2,1-2H3. The van der Waals surface area contributed by atoms with Crippen molar-refractivity contribution in [2.24, 2.45) is 0 Å². The second-order valence-electron chi connectivity index (χ2n) is 2.72. The van der Waals surface area contributed by atoms with Crippen LogP contribution in [0.4, 0.5) is 0 Å². The third-order valence-corrected chi connectivity index (χ3v) is 1.22. The van der Waals surface area contributed by atoms with Gasteiger partial charge in [0.1, 0.15) is 6.61 Å². The Hall–Kier alpha value is -0.990. The van der Waals surface area contributed by atoms with Gasteiger partial charge in [0.2, 0.25) is 0 Å². The highest BCUT2D eigenvalue weighted by atomic mass is 16.7. The smallest absolute Gasteiger partial charge is 0.276 e. The van der Waals surface area contributed by atoms with E-state index in [0.29, 0.717) is 12.4 Å². The predicted molar refractivity (Wildman–Crippen MR) is 39.9 cm³/mol.